The fraction of sp³-hybridized carbons (Fsp3) is 0.188. The van der Waals surface area contributed by atoms with E-state index >= 15 is 0 Å². The fourth-order valence-electron chi connectivity index (χ4n) is 1.91. The second kappa shape index (κ2) is 7.77. The molecule has 2 N–H and O–H groups in total. The van der Waals surface area contributed by atoms with Crippen molar-refractivity contribution in [3.8, 4) is 0 Å². The number of alkyl carbamates (subject to hydrolysis) is 1. The van der Waals surface area contributed by atoms with E-state index < -0.39 is 24.6 Å². The average molecular weight is 324 g/mol. The van der Waals surface area contributed by atoms with Crippen LogP contribution in [0.4, 0.5) is 9.18 Å². The number of nitrogens with one attached hydrogen (secondary N) is 1. The van der Waals surface area contributed by atoms with Crippen LogP contribution in [0.15, 0.2) is 48.5 Å². The number of benzene rings is 2. The number of carbonyl (C=O) groups excluding carboxylic acids is 1. The summed E-state index contributed by atoms with van der Waals surface area (Å²) in [6, 6.07) is 12.3. The van der Waals surface area contributed by atoms with Crippen LogP contribution in [0.3, 0.4) is 0 Å². The Morgan fingerprint density at radius 3 is 2.64 bits per heavy atom. The van der Waals surface area contributed by atoms with Gasteiger partial charge in [0.25, 0.3) is 0 Å². The molecule has 0 aliphatic rings. The van der Waals surface area contributed by atoms with Gasteiger partial charge in [-0.05, 0) is 17.7 Å². The van der Waals surface area contributed by atoms with Gasteiger partial charge in [-0.25, -0.2) is 9.18 Å². The third-order valence-corrected chi connectivity index (χ3v) is 3.26. The van der Waals surface area contributed by atoms with Crippen LogP contribution < -0.4 is 5.32 Å². The Kier molecular flexibility index (Phi) is 5.75. The smallest absolute Gasteiger partial charge is 0.408 e. The summed E-state index contributed by atoms with van der Waals surface area (Å²) in [5.41, 5.74) is 0.972. The van der Waals surface area contributed by atoms with E-state index in [1.54, 1.807) is 0 Å². The summed E-state index contributed by atoms with van der Waals surface area (Å²) in [7, 11) is 0. The van der Waals surface area contributed by atoms with E-state index in [4.69, 9.17) is 16.3 Å². The van der Waals surface area contributed by atoms with Crippen molar-refractivity contribution in [3.63, 3.8) is 0 Å². The van der Waals surface area contributed by atoms with Crippen molar-refractivity contribution in [1.29, 1.82) is 0 Å². The molecule has 2 rings (SSSR count). The molecule has 0 spiro atoms. The van der Waals surface area contributed by atoms with Gasteiger partial charge in [0, 0.05) is 10.6 Å². The lowest BCUT2D eigenvalue weighted by Crippen LogP contribution is -2.31. The molecule has 4 nitrogen and oxygen atoms in total. The quantitative estimate of drug-likeness (QED) is 0.886. The third-order valence-electron chi connectivity index (χ3n) is 3.03. The second-order valence-corrected chi connectivity index (χ2v) is 5.04. The molecule has 0 bridgehead atoms. The lowest BCUT2D eigenvalue weighted by molar-refractivity contribution is 0.129. The van der Waals surface area contributed by atoms with Crippen LogP contribution in [0.1, 0.15) is 17.2 Å². The molecule has 22 heavy (non-hydrogen) atoms. The summed E-state index contributed by atoms with van der Waals surface area (Å²) in [5.74, 6) is -0.602. The summed E-state index contributed by atoms with van der Waals surface area (Å²) in [6.45, 7) is -0.368. The first-order chi connectivity index (χ1) is 10.6. The minimum atomic E-state index is -0.902. The molecule has 2 aromatic carbocycles. The Balaban J connectivity index is 1.96. The molecule has 0 radical (unpaired) electrons. The predicted octanol–water partition coefficient (Wildman–Crippen LogP) is 3.44. The van der Waals surface area contributed by atoms with Gasteiger partial charge in [-0.2, -0.15) is 0 Å². The van der Waals surface area contributed by atoms with E-state index in [0.717, 1.165) is 11.6 Å². The highest BCUT2D eigenvalue weighted by molar-refractivity contribution is 6.30. The van der Waals surface area contributed by atoms with Gasteiger partial charge in [-0.1, -0.05) is 48.0 Å². The number of carbonyl (C=O) groups is 1. The van der Waals surface area contributed by atoms with Gasteiger partial charge in [-0.3, -0.25) is 0 Å². The number of hydrogen-bond acceptors (Lipinski definition) is 3. The van der Waals surface area contributed by atoms with E-state index in [-0.39, 0.29) is 17.2 Å². The summed E-state index contributed by atoms with van der Waals surface area (Å²) in [4.78, 5) is 11.7. The number of aliphatic hydroxyl groups excluding tert-OH is 1. The summed E-state index contributed by atoms with van der Waals surface area (Å²) in [5, 5.41) is 12.0. The predicted molar refractivity (Wildman–Crippen MR) is 81.0 cm³/mol. The van der Waals surface area contributed by atoms with Crippen LogP contribution in [-0.2, 0) is 11.3 Å². The normalized spacial score (nSPS) is 11.8. The van der Waals surface area contributed by atoms with Crippen molar-refractivity contribution < 1.29 is 19.0 Å². The molecule has 0 aliphatic heterocycles. The second-order valence-electron chi connectivity index (χ2n) is 4.61. The van der Waals surface area contributed by atoms with Crippen molar-refractivity contribution in [1.82, 2.24) is 5.32 Å². The molecule has 0 fully saturated rings. The Morgan fingerprint density at radius 1 is 1.27 bits per heavy atom. The van der Waals surface area contributed by atoms with E-state index in [9.17, 15) is 14.3 Å². The van der Waals surface area contributed by atoms with Crippen molar-refractivity contribution in [2.75, 3.05) is 6.61 Å². The van der Waals surface area contributed by atoms with Gasteiger partial charge in [0.05, 0.1) is 12.6 Å². The van der Waals surface area contributed by atoms with Crippen molar-refractivity contribution >= 4 is 17.7 Å². The van der Waals surface area contributed by atoms with Gasteiger partial charge in [0.15, 0.2) is 0 Å². The van der Waals surface area contributed by atoms with E-state index in [0.29, 0.717) is 0 Å². The molecule has 0 saturated heterocycles. The summed E-state index contributed by atoms with van der Waals surface area (Å²) in [6.07, 6.45) is -0.739. The van der Waals surface area contributed by atoms with Crippen LogP contribution in [0, 0.1) is 5.82 Å². The fourth-order valence-corrected chi connectivity index (χ4v) is 2.07. The molecule has 0 heterocycles. The van der Waals surface area contributed by atoms with Gasteiger partial charge in [0.1, 0.15) is 12.4 Å². The maximum absolute atomic E-state index is 13.8. The molecular weight excluding hydrogens is 309 g/mol. The van der Waals surface area contributed by atoms with Gasteiger partial charge < -0.3 is 15.2 Å². The van der Waals surface area contributed by atoms with Crippen molar-refractivity contribution in [2.24, 2.45) is 0 Å². The van der Waals surface area contributed by atoms with Crippen molar-refractivity contribution in [2.45, 2.75) is 12.6 Å². The average Bonchev–Trinajstić information content (AvgIpc) is 2.52. The largest absolute Gasteiger partial charge is 0.445 e. The molecule has 1 amide bonds. The number of rotatable bonds is 5. The molecule has 116 valence electrons. The minimum absolute atomic E-state index is 0.0912. The van der Waals surface area contributed by atoms with E-state index in [1.807, 2.05) is 30.3 Å². The SMILES string of the molecule is O=C(NC(CO)c1ccc(Cl)cc1F)OCc1ccccc1. The summed E-state index contributed by atoms with van der Waals surface area (Å²) >= 11 is 5.67. The Morgan fingerprint density at radius 2 is 2.00 bits per heavy atom. The summed E-state index contributed by atoms with van der Waals surface area (Å²) < 4.78 is 18.8. The standard InChI is InChI=1S/C16H15ClFNO3/c17-12-6-7-13(14(18)8-12)15(9-20)19-16(21)22-10-11-4-2-1-3-5-11/h1-8,15,20H,9-10H2,(H,19,21). The van der Waals surface area contributed by atoms with Crippen LogP contribution in [0.2, 0.25) is 5.02 Å². The van der Waals surface area contributed by atoms with Crippen LogP contribution >= 0.6 is 11.6 Å². The zero-order chi connectivity index (χ0) is 15.9. The number of hydrogen-bond donors (Lipinski definition) is 2. The number of halogens is 2. The molecule has 1 atom stereocenters. The number of amides is 1. The van der Waals surface area contributed by atoms with Gasteiger partial charge >= 0.3 is 6.09 Å². The first kappa shape index (κ1) is 16.3. The highest BCUT2D eigenvalue weighted by atomic mass is 35.5. The number of ether oxygens (including phenoxy) is 1. The first-order valence-corrected chi connectivity index (χ1v) is 7.01. The molecular formula is C16H15ClFNO3. The Hall–Kier alpha value is -2.11. The van der Waals surface area contributed by atoms with Crippen LogP contribution in [0.25, 0.3) is 0 Å². The molecule has 6 heteroatoms. The molecule has 0 aliphatic carbocycles. The van der Waals surface area contributed by atoms with Gasteiger partial charge in [0.2, 0.25) is 0 Å². The molecule has 0 saturated carbocycles. The lowest BCUT2D eigenvalue weighted by Gasteiger charge is -2.17. The first-order valence-electron chi connectivity index (χ1n) is 6.63. The van der Waals surface area contributed by atoms with E-state index in [2.05, 4.69) is 5.32 Å². The molecule has 2 aromatic rings. The third kappa shape index (κ3) is 4.44. The van der Waals surface area contributed by atoms with E-state index in [1.165, 1.54) is 12.1 Å². The Labute approximate surface area is 132 Å². The van der Waals surface area contributed by atoms with Crippen molar-refractivity contribution in [3.05, 3.63) is 70.5 Å². The maximum atomic E-state index is 13.8. The highest BCUT2D eigenvalue weighted by Gasteiger charge is 2.18. The lowest BCUT2D eigenvalue weighted by atomic mass is 10.1. The topological polar surface area (TPSA) is 58.6 Å². The maximum Gasteiger partial charge on any atom is 0.408 e. The highest BCUT2D eigenvalue weighted by Crippen LogP contribution is 2.20. The zero-order valence-electron chi connectivity index (χ0n) is 11.6. The monoisotopic (exact) mass is 323 g/mol. The molecule has 0 aromatic heterocycles. The van der Waals surface area contributed by atoms with Crippen LogP contribution in [0.5, 0.6) is 0 Å². The Bertz CT molecular complexity index is 637. The van der Waals surface area contributed by atoms with Crippen LogP contribution in [-0.4, -0.2) is 17.8 Å². The molecule has 1 unspecified atom stereocenters. The number of aliphatic hydroxyl groups is 1. The van der Waals surface area contributed by atoms with Gasteiger partial charge in [-0.15, -0.1) is 0 Å². The minimum Gasteiger partial charge on any atom is -0.445 e. The zero-order valence-corrected chi connectivity index (χ0v) is 12.4.